The number of likely N-dealkylation sites (N-methyl/N-ethyl adjacent to an activating group) is 1. The fourth-order valence-electron chi connectivity index (χ4n) is 3.29. The van der Waals surface area contributed by atoms with E-state index in [0.717, 1.165) is 25.6 Å². The van der Waals surface area contributed by atoms with E-state index in [2.05, 4.69) is 52.3 Å². The Morgan fingerprint density at radius 3 is 2.86 bits per heavy atom. The Morgan fingerprint density at radius 2 is 2.09 bits per heavy atom. The zero-order valence-corrected chi connectivity index (χ0v) is 13.4. The molecule has 0 amide bonds. The van der Waals surface area contributed by atoms with E-state index in [9.17, 15) is 0 Å². The van der Waals surface area contributed by atoms with Gasteiger partial charge in [0.15, 0.2) is 0 Å². The molecule has 0 aliphatic carbocycles. The van der Waals surface area contributed by atoms with E-state index in [0.29, 0.717) is 0 Å². The van der Waals surface area contributed by atoms with Crippen LogP contribution in [0, 0.1) is 5.92 Å². The maximum absolute atomic E-state index is 4.26. The highest BCUT2D eigenvalue weighted by molar-refractivity contribution is 5.14. The van der Waals surface area contributed by atoms with Crippen LogP contribution < -0.4 is 0 Å². The molecule has 1 saturated heterocycles. The summed E-state index contributed by atoms with van der Waals surface area (Å²) < 4.78 is 2.01. The van der Waals surface area contributed by atoms with Gasteiger partial charge in [-0.05, 0) is 37.6 Å². The summed E-state index contributed by atoms with van der Waals surface area (Å²) in [6.07, 6.45) is 5.20. The van der Waals surface area contributed by atoms with Gasteiger partial charge in [0, 0.05) is 38.6 Å². The van der Waals surface area contributed by atoms with Crippen LogP contribution in [0.3, 0.4) is 0 Å². The van der Waals surface area contributed by atoms with Gasteiger partial charge in [0.25, 0.3) is 0 Å². The van der Waals surface area contributed by atoms with Crippen molar-refractivity contribution < 1.29 is 0 Å². The molecule has 118 valence electrons. The van der Waals surface area contributed by atoms with Gasteiger partial charge in [-0.25, -0.2) is 0 Å². The van der Waals surface area contributed by atoms with Crippen molar-refractivity contribution in [3.8, 4) is 0 Å². The molecule has 22 heavy (non-hydrogen) atoms. The van der Waals surface area contributed by atoms with Crippen LogP contribution >= 0.6 is 0 Å². The third-order valence-electron chi connectivity index (χ3n) is 4.46. The van der Waals surface area contributed by atoms with Gasteiger partial charge in [0.05, 0.1) is 6.54 Å². The predicted molar refractivity (Wildman–Crippen MR) is 89.6 cm³/mol. The fourth-order valence-corrected chi connectivity index (χ4v) is 3.29. The van der Waals surface area contributed by atoms with Gasteiger partial charge in [0.2, 0.25) is 0 Å². The normalized spacial score (nSPS) is 19.1. The maximum atomic E-state index is 4.26. The Kier molecular flexibility index (Phi) is 5.24. The molecule has 2 heterocycles. The first-order chi connectivity index (χ1) is 10.8. The van der Waals surface area contributed by atoms with Crippen LogP contribution in [0.5, 0.6) is 0 Å². The lowest BCUT2D eigenvalue weighted by molar-refractivity contribution is 0.251. The minimum absolute atomic E-state index is 0.798. The van der Waals surface area contributed by atoms with Crippen LogP contribution in [0.4, 0.5) is 0 Å². The van der Waals surface area contributed by atoms with Crippen LogP contribution in [0.1, 0.15) is 12.0 Å². The van der Waals surface area contributed by atoms with Crippen molar-refractivity contribution in [1.29, 1.82) is 0 Å². The van der Waals surface area contributed by atoms with E-state index in [1.807, 2.05) is 23.1 Å². The molecular formula is C18H26N4. The SMILES string of the molecule is CN(CCn1cccn1)CC1CCN(Cc2ccccc2)C1. The summed E-state index contributed by atoms with van der Waals surface area (Å²) in [6, 6.07) is 12.8. The van der Waals surface area contributed by atoms with Crippen molar-refractivity contribution in [3.63, 3.8) is 0 Å². The molecule has 1 aromatic heterocycles. The highest BCUT2D eigenvalue weighted by Crippen LogP contribution is 2.19. The number of hydrogen-bond donors (Lipinski definition) is 0. The maximum Gasteiger partial charge on any atom is 0.0536 e. The molecule has 2 aromatic rings. The standard InChI is InChI=1S/C18H26N4/c1-20(12-13-22-10-5-9-19-22)14-18-8-11-21(16-18)15-17-6-3-2-4-7-17/h2-7,9-10,18H,8,11-16H2,1H3. The summed E-state index contributed by atoms with van der Waals surface area (Å²) in [5, 5.41) is 4.26. The van der Waals surface area contributed by atoms with Gasteiger partial charge in [-0.2, -0.15) is 5.10 Å². The van der Waals surface area contributed by atoms with Crippen molar-refractivity contribution in [2.45, 2.75) is 19.5 Å². The highest BCUT2D eigenvalue weighted by atomic mass is 15.3. The zero-order valence-electron chi connectivity index (χ0n) is 13.4. The molecule has 3 rings (SSSR count). The molecule has 4 nitrogen and oxygen atoms in total. The van der Waals surface area contributed by atoms with Crippen LogP contribution in [0.25, 0.3) is 0 Å². The summed E-state index contributed by atoms with van der Waals surface area (Å²) in [5.41, 5.74) is 1.43. The van der Waals surface area contributed by atoms with E-state index >= 15 is 0 Å². The minimum Gasteiger partial charge on any atom is -0.304 e. The molecule has 1 aliphatic heterocycles. The van der Waals surface area contributed by atoms with Crippen molar-refractivity contribution >= 4 is 0 Å². The van der Waals surface area contributed by atoms with Crippen molar-refractivity contribution in [3.05, 3.63) is 54.4 Å². The third kappa shape index (κ3) is 4.42. The monoisotopic (exact) mass is 298 g/mol. The number of aromatic nitrogens is 2. The Hall–Kier alpha value is -1.65. The first kappa shape index (κ1) is 15.3. The number of nitrogens with zero attached hydrogens (tertiary/aromatic N) is 4. The fraction of sp³-hybridized carbons (Fsp3) is 0.500. The van der Waals surface area contributed by atoms with Crippen LogP contribution in [-0.4, -0.2) is 52.8 Å². The Balaban J connectivity index is 1.39. The Bertz CT molecular complexity index is 537. The number of rotatable bonds is 7. The van der Waals surface area contributed by atoms with Gasteiger partial charge in [-0.1, -0.05) is 30.3 Å². The van der Waals surface area contributed by atoms with Crippen LogP contribution in [-0.2, 0) is 13.1 Å². The van der Waals surface area contributed by atoms with E-state index in [1.165, 1.54) is 31.6 Å². The minimum atomic E-state index is 0.798. The summed E-state index contributed by atoms with van der Waals surface area (Å²) in [7, 11) is 2.23. The molecule has 0 radical (unpaired) electrons. The smallest absolute Gasteiger partial charge is 0.0536 e. The predicted octanol–water partition coefficient (Wildman–Crippen LogP) is 2.34. The van der Waals surface area contributed by atoms with Gasteiger partial charge < -0.3 is 4.90 Å². The third-order valence-corrected chi connectivity index (χ3v) is 4.46. The molecule has 0 bridgehead atoms. The molecule has 1 unspecified atom stereocenters. The first-order valence-electron chi connectivity index (χ1n) is 8.22. The Morgan fingerprint density at radius 1 is 1.23 bits per heavy atom. The number of hydrogen-bond acceptors (Lipinski definition) is 3. The van der Waals surface area contributed by atoms with E-state index in [4.69, 9.17) is 0 Å². The summed E-state index contributed by atoms with van der Waals surface area (Å²) >= 11 is 0. The molecule has 1 fully saturated rings. The average Bonchev–Trinajstić information content (AvgIpc) is 3.18. The Labute approximate surface area is 133 Å². The molecule has 0 spiro atoms. The summed E-state index contributed by atoms with van der Waals surface area (Å²) in [6.45, 7) is 6.77. The second kappa shape index (κ2) is 7.56. The van der Waals surface area contributed by atoms with E-state index < -0.39 is 0 Å². The van der Waals surface area contributed by atoms with E-state index in [1.54, 1.807) is 0 Å². The lowest BCUT2D eigenvalue weighted by Gasteiger charge is -2.21. The second-order valence-corrected chi connectivity index (χ2v) is 6.41. The van der Waals surface area contributed by atoms with Crippen molar-refractivity contribution in [2.24, 2.45) is 5.92 Å². The zero-order chi connectivity index (χ0) is 15.2. The van der Waals surface area contributed by atoms with Crippen molar-refractivity contribution in [2.75, 3.05) is 33.2 Å². The van der Waals surface area contributed by atoms with Gasteiger partial charge in [0.1, 0.15) is 0 Å². The molecule has 0 saturated carbocycles. The summed E-state index contributed by atoms with van der Waals surface area (Å²) in [5.74, 6) is 0.798. The second-order valence-electron chi connectivity index (χ2n) is 6.41. The number of likely N-dealkylation sites (tertiary alicyclic amines) is 1. The van der Waals surface area contributed by atoms with Gasteiger partial charge in [-0.3, -0.25) is 9.58 Å². The molecule has 1 aromatic carbocycles. The number of benzene rings is 1. The average molecular weight is 298 g/mol. The van der Waals surface area contributed by atoms with Gasteiger partial charge in [-0.15, -0.1) is 0 Å². The summed E-state index contributed by atoms with van der Waals surface area (Å²) in [4.78, 5) is 5.03. The molecule has 4 heteroatoms. The topological polar surface area (TPSA) is 24.3 Å². The molecular weight excluding hydrogens is 272 g/mol. The van der Waals surface area contributed by atoms with Gasteiger partial charge >= 0.3 is 0 Å². The quantitative estimate of drug-likeness (QED) is 0.784. The lowest BCUT2D eigenvalue weighted by atomic mass is 10.1. The lowest BCUT2D eigenvalue weighted by Crippen LogP contribution is -2.30. The van der Waals surface area contributed by atoms with Crippen LogP contribution in [0.15, 0.2) is 48.8 Å². The first-order valence-corrected chi connectivity index (χ1v) is 8.22. The van der Waals surface area contributed by atoms with Crippen LogP contribution in [0.2, 0.25) is 0 Å². The molecule has 1 aliphatic rings. The van der Waals surface area contributed by atoms with E-state index in [-0.39, 0.29) is 0 Å². The highest BCUT2D eigenvalue weighted by Gasteiger charge is 2.23. The largest absolute Gasteiger partial charge is 0.304 e. The molecule has 0 N–H and O–H groups in total. The molecule has 1 atom stereocenters. The van der Waals surface area contributed by atoms with Crippen molar-refractivity contribution in [1.82, 2.24) is 19.6 Å².